The van der Waals surface area contributed by atoms with E-state index in [9.17, 15) is 4.79 Å². The fraction of sp³-hybridized carbons (Fsp3) is 0.364. The van der Waals surface area contributed by atoms with E-state index in [1.165, 1.54) is 12.1 Å². The number of nitrogens with two attached hydrogens (primary N) is 1. The molecule has 1 aromatic carbocycles. The predicted octanol–water partition coefficient (Wildman–Crippen LogP) is 1.22. The first-order chi connectivity index (χ1) is 7.37. The number of phenolic OH excluding ortho intramolecular Hbond substituents is 1. The number of carbonyl (C=O) groups is 1. The molecule has 0 aliphatic heterocycles. The quantitative estimate of drug-likeness (QED) is 0.720. The molecule has 4 N–H and O–H groups in total. The summed E-state index contributed by atoms with van der Waals surface area (Å²) in [6.07, 6.45) is -0.593. The maximum atomic E-state index is 11.3. The van der Waals surface area contributed by atoms with Crippen LogP contribution in [-0.4, -0.2) is 23.3 Å². The molecular weight excluding hydrogens is 208 g/mol. The van der Waals surface area contributed by atoms with Gasteiger partial charge in [0.2, 0.25) is 0 Å². The number of benzene rings is 1. The van der Waals surface area contributed by atoms with Gasteiger partial charge in [-0.1, -0.05) is 6.07 Å². The van der Waals surface area contributed by atoms with Crippen LogP contribution < -0.4 is 15.8 Å². The number of hydrogen-bond acceptors (Lipinski definition) is 4. The van der Waals surface area contributed by atoms with Crippen molar-refractivity contribution in [3.63, 3.8) is 0 Å². The summed E-state index contributed by atoms with van der Waals surface area (Å²) >= 11 is 0. The van der Waals surface area contributed by atoms with Gasteiger partial charge in [-0.3, -0.25) is 0 Å². The van der Waals surface area contributed by atoms with Crippen LogP contribution in [0.5, 0.6) is 11.5 Å². The summed E-state index contributed by atoms with van der Waals surface area (Å²) in [4.78, 5) is 11.3. The maximum absolute atomic E-state index is 11.3. The Bertz CT molecular complexity index is 372. The lowest BCUT2D eigenvalue weighted by atomic mass is 10.1. The highest BCUT2D eigenvalue weighted by atomic mass is 16.6. The Balaban J connectivity index is 2.46. The Morgan fingerprint density at radius 2 is 2.25 bits per heavy atom. The van der Waals surface area contributed by atoms with Crippen LogP contribution in [0.1, 0.15) is 13.8 Å². The van der Waals surface area contributed by atoms with Crippen molar-refractivity contribution in [2.45, 2.75) is 19.4 Å². The molecule has 1 aromatic rings. The third-order valence-electron chi connectivity index (χ3n) is 1.72. The standard InChI is InChI=1S/C11H16N2O3/c1-11(2,12)7-13-10(15)16-9-5-3-4-8(14)6-9/h3-6,14H,7,12H2,1-2H3,(H,13,15). The lowest BCUT2D eigenvalue weighted by Gasteiger charge is -2.18. The van der Waals surface area contributed by atoms with E-state index in [-0.39, 0.29) is 11.5 Å². The number of nitrogens with one attached hydrogen (secondary N) is 1. The molecule has 0 atom stereocenters. The Kier molecular flexibility index (Phi) is 3.73. The van der Waals surface area contributed by atoms with Gasteiger partial charge in [0.1, 0.15) is 11.5 Å². The van der Waals surface area contributed by atoms with Crippen molar-refractivity contribution < 1.29 is 14.6 Å². The summed E-state index contributed by atoms with van der Waals surface area (Å²) in [7, 11) is 0. The summed E-state index contributed by atoms with van der Waals surface area (Å²) < 4.78 is 4.92. The lowest BCUT2D eigenvalue weighted by Crippen LogP contribution is -2.45. The molecule has 1 amide bonds. The first kappa shape index (κ1) is 12.3. The van der Waals surface area contributed by atoms with E-state index < -0.39 is 11.6 Å². The molecule has 5 nitrogen and oxygen atoms in total. The number of rotatable bonds is 3. The van der Waals surface area contributed by atoms with Crippen molar-refractivity contribution in [1.82, 2.24) is 5.32 Å². The topological polar surface area (TPSA) is 84.6 Å². The molecule has 0 bridgehead atoms. The van der Waals surface area contributed by atoms with Gasteiger partial charge in [-0.25, -0.2) is 4.79 Å². The second-order valence-electron chi connectivity index (χ2n) is 4.23. The van der Waals surface area contributed by atoms with Crippen molar-refractivity contribution >= 4 is 6.09 Å². The highest BCUT2D eigenvalue weighted by Crippen LogP contribution is 2.17. The molecule has 0 heterocycles. The van der Waals surface area contributed by atoms with Crippen molar-refractivity contribution in [2.24, 2.45) is 5.73 Å². The smallest absolute Gasteiger partial charge is 0.412 e. The molecule has 16 heavy (non-hydrogen) atoms. The van der Waals surface area contributed by atoms with Gasteiger partial charge in [-0.05, 0) is 26.0 Å². The normalized spacial score (nSPS) is 10.9. The number of hydrogen-bond donors (Lipinski definition) is 3. The highest BCUT2D eigenvalue weighted by Gasteiger charge is 2.13. The Morgan fingerprint density at radius 1 is 1.56 bits per heavy atom. The molecule has 0 aliphatic carbocycles. The molecule has 0 aromatic heterocycles. The van der Waals surface area contributed by atoms with Crippen LogP contribution in [0, 0.1) is 0 Å². The summed E-state index contributed by atoms with van der Waals surface area (Å²) in [6.45, 7) is 3.90. The fourth-order valence-corrected chi connectivity index (χ4v) is 0.990. The highest BCUT2D eigenvalue weighted by molar-refractivity contribution is 5.70. The van der Waals surface area contributed by atoms with E-state index in [1.54, 1.807) is 26.0 Å². The molecule has 1 rings (SSSR count). The number of aromatic hydroxyl groups is 1. The second-order valence-corrected chi connectivity index (χ2v) is 4.23. The third kappa shape index (κ3) is 4.65. The average Bonchev–Trinajstić information content (AvgIpc) is 2.14. The van der Waals surface area contributed by atoms with Gasteiger partial charge in [0.05, 0.1) is 0 Å². The van der Waals surface area contributed by atoms with Crippen LogP contribution in [-0.2, 0) is 0 Å². The minimum Gasteiger partial charge on any atom is -0.508 e. The Hall–Kier alpha value is -1.75. The SMILES string of the molecule is CC(C)(N)CNC(=O)Oc1cccc(O)c1. The monoisotopic (exact) mass is 224 g/mol. The molecule has 88 valence electrons. The summed E-state index contributed by atoms with van der Waals surface area (Å²) in [6, 6.07) is 6.01. The predicted molar refractivity (Wildman–Crippen MR) is 60.4 cm³/mol. The average molecular weight is 224 g/mol. The van der Waals surface area contributed by atoms with E-state index in [0.717, 1.165) is 0 Å². The first-order valence-corrected chi connectivity index (χ1v) is 4.90. The van der Waals surface area contributed by atoms with E-state index in [0.29, 0.717) is 6.54 Å². The minimum absolute atomic E-state index is 0.0458. The van der Waals surface area contributed by atoms with Crippen LogP contribution in [0.3, 0.4) is 0 Å². The molecule has 0 spiro atoms. The second kappa shape index (κ2) is 4.85. The number of amides is 1. The van der Waals surface area contributed by atoms with Crippen LogP contribution in [0.15, 0.2) is 24.3 Å². The van der Waals surface area contributed by atoms with Crippen LogP contribution in [0.2, 0.25) is 0 Å². The summed E-state index contributed by atoms with van der Waals surface area (Å²) in [5, 5.41) is 11.7. The number of ether oxygens (including phenoxy) is 1. The lowest BCUT2D eigenvalue weighted by molar-refractivity contribution is 0.198. The molecule has 0 saturated heterocycles. The number of phenols is 1. The van der Waals surface area contributed by atoms with Gasteiger partial charge < -0.3 is 20.9 Å². The van der Waals surface area contributed by atoms with Gasteiger partial charge in [0.15, 0.2) is 0 Å². The fourth-order valence-electron chi connectivity index (χ4n) is 0.990. The first-order valence-electron chi connectivity index (χ1n) is 4.90. The zero-order valence-electron chi connectivity index (χ0n) is 9.36. The zero-order valence-corrected chi connectivity index (χ0v) is 9.36. The summed E-state index contributed by atoms with van der Waals surface area (Å²) in [5.74, 6) is 0.330. The molecule has 0 radical (unpaired) electrons. The van der Waals surface area contributed by atoms with Crippen LogP contribution in [0.25, 0.3) is 0 Å². The number of carbonyl (C=O) groups excluding carboxylic acids is 1. The van der Waals surface area contributed by atoms with Crippen molar-refractivity contribution in [1.29, 1.82) is 0 Å². The Morgan fingerprint density at radius 3 is 2.81 bits per heavy atom. The molecule has 5 heteroatoms. The van der Waals surface area contributed by atoms with Gasteiger partial charge >= 0.3 is 6.09 Å². The summed E-state index contributed by atoms with van der Waals surface area (Å²) in [5.41, 5.74) is 5.20. The Labute approximate surface area is 94.2 Å². The molecule has 0 fully saturated rings. The van der Waals surface area contributed by atoms with Crippen molar-refractivity contribution in [2.75, 3.05) is 6.54 Å². The van der Waals surface area contributed by atoms with E-state index in [2.05, 4.69) is 5.32 Å². The van der Waals surface area contributed by atoms with Crippen LogP contribution in [0.4, 0.5) is 4.79 Å². The van der Waals surface area contributed by atoms with E-state index >= 15 is 0 Å². The maximum Gasteiger partial charge on any atom is 0.412 e. The third-order valence-corrected chi connectivity index (χ3v) is 1.72. The van der Waals surface area contributed by atoms with Crippen LogP contribution >= 0.6 is 0 Å². The molecule has 0 unspecified atom stereocenters. The minimum atomic E-state index is -0.593. The molecular formula is C11H16N2O3. The van der Waals surface area contributed by atoms with Gasteiger partial charge in [-0.2, -0.15) is 0 Å². The van der Waals surface area contributed by atoms with Crippen molar-refractivity contribution in [3.8, 4) is 11.5 Å². The van der Waals surface area contributed by atoms with Gasteiger partial charge in [-0.15, -0.1) is 0 Å². The largest absolute Gasteiger partial charge is 0.508 e. The zero-order chi connectivity index (χ0) is 12.2. The van der Waals surface area contributed by atoms with Crippen molar-refractivity contribution in [3.05, 3.63) is 24.3 Å². The van der Waals surface area contributed by atoms with E-state index in [4.69, 9.17) is 15.6 Å². The van der Waals surface area contributed by atoms with Gasteiger partial charge in [0, 0.05) is 18.2 Å². The van der Waals surface area contributed by atoms with E-state index in [1.807, 2.05) is 0 Å². The molecule has 0 saturated carbocycles. The van der Waals surface area contributed by atoms with Gasteiger partial charge in [0.25, 0.3) is 0 Å². The molecule has 0 aliphatic rings.